The van der Waals surface area contributed by atoms with Crippen molar-refractivity contribution in [2.24, 2.45) is 5.92 Å². The smallest absolute Gasteiger partial charge is 0.222 e. The lowest BCUT2D eigenvalue weighted by Gasteiger charge is -2.32. The van der Waals surface area contributed by atoms with E-state index >= 15 is 0 Å². The van der Waals surface area contributed by atoms with Crippen LogP contribution in [-0.2, 0) is 16.0 Å². The zero-order valence-electron chi connectivity index (χ0n) is 19.7. The second kappa shape index (κ2) is 14.5. The van der Waals surface area contributed by atoms with Crippen molar-refractivity contribution in [2.45, 2.75) is 78.1 Å². The third kappa shape index (κ3) is 8.08. The number of methoxy groups -OCH3 is 1. The molecular weight excluding hydrogens is 400 g/mol. The number of carbonyl (C=O) groups excluding carboxylic acids is 1. The first kappa shape index (κ1) is 26.7. The molecule has 3 aliphatic rings. The monoisotopic (exact) mass is 448 g/mol. The third-order valence-corrected chi connectivity index (χ3v) is 7.10. The Labute approximate surface area is 197 Å². The van der Waals surface area contributed by atoms with Crippen LogP contribution < -0.4 is 10.1 Å². The average Bonchev–Trinajstić information content (AvgIpc) is 3.32. The van der Waals surface area contributed by atoms with E-state index in [1.165, 1.54) is 70.1 Å². The molecule has 32 heavy (non-hydrogen) atoms. The summed E-state index contributed by atoms with van der Waals surface area (Å²) in [4.78, 5) is 13.8. The van der Waals surface area contributed by atoms with Gasteiger partial charge in [-0.3, -0.25) is 4.79 Å². The zero-order chi connectivity index (χ0) is 21.9. The molecule has 0 unspecified atom stereocenters. The van der Waals surface area contributed by atoms with Gasteiger partial charge < -0.3 is 19.7 Å². The molecule has 2 aliphatic heterocycles. The molecule has 1 aromatic carbocycles. The van der Waals surface area contributed by atoms with Crippen LogP contribution in [0.5, 0.6) is 5.75 Å². The number of piperidine rings is 1. The Hall–Kier alpha value is -1.59. The number of hydrogen-bond donors (Lipinski definition) is 1. The summed E-state index contributed by atoms with van der Waals surface area (Å²) in [6, 6.07) is 6.60. The highest BCUT2D eigenvalue weighted by Gasteiger charge is 2.25. The Balaban J connectivity index is 0.000000318. The lowest BCUT2D eigenvalue weighted by molar-refractivity contribution is -0.122. The summed E-state index contributed by atoms with van der Waals surface area (Å²) in [7, 11) is 1.62. The molecule has 0 spiro atoms. The number of rotatable bonds is 7. The van der Waals surface area contributed by atoms with E-state index in [0.29, 0.717) is 13.0 Å². The lowest BCUT2D eigenvalue weighted by atomic mass is 9.86. The Morgan fingerprint density at radius 1 is 1.19 bits per heavy atom. The highest BCUT2D eigenvalue weighted by Crippen LogP contribution is 2.36. The van der Waals surface area contributed by atoms with Crippen molar-refractivity contribution in [3.8, 4) is 5.75 Å². The molecule has 0 radical (unpaired) electrons. The molecule has 1 amide bonds. The van der Waals surface area contributed by atoms with Crippen molar-refractivity contribution in [2.75, 3.05) is 46.5 Å². The van der Waals surface area contributed by atoms with Gasteiger partial charge in [-0.15, -0.1) is 0 Å². The fourth-order valence-electron chi connectivity index (χ4n) is 5.12. The van der Waals surface area contributed by atoms with Crippen molar-refractivity contribution in [1.29, 1.82) is 0 Å². The maximum absolute atomic E-state index is 11.3. The van der Waals surface area contributed by atoms with Gasteiger partial charge in [0.2, 0.25) is 5.91 Å². The van der Waals surface area contributed by atoms with Crippen LogP contribution in [0.3, 0.4) is 0 Å². The minimum absolute atomic E-state index is 0. The van der Waals surface area contributed by atoms with Gasteiger partial charge in [0.1, 0.15) is 5.75 Å². The molecular formula is C27H48N2O3. The number of nitrogens with zero attached hydrogens (tertiary/aromatic N) is 1. The number of likely N-dealkylation sites (tertiary alicyclic amines) is 1. The summed E-state index contributed by atoms with van der Waals surface area (Å²) < 4.78 is 10.5. The molecule has 2 fully saturated rings. The fourth-order valence-corrected chi connectivity index (χ4v) is 5.12. The number of benzene rings is 1. The van der Waals surface area contributed by atoms with Crippen LogP contribution in [0.1, 0.15) is 84.2 Å². The molecule has 1 aromatic rings. The molecule has 5 nitrogen and oxygen atoms in total. The van der Waals surface area contributed by atoms with E-state index in [4.69, 9.17) is 9.47 Å². The van der Waals surface area contributed by atoms with Gasteiger partial charge in [-0.2, -0.15) is 0 Å². The van der Waals surface area contributed by atoms with Crippen molar-refractivity contribution >= 4 is 5.91 Å². The molecule has 0 aromatic heterocycles. The SMILES string of the molecule is C.CCN1CCC(c2cccc3c2CCO3)CC1.COCCC(=O)NCC1CCCCC1.[HH]. The van der Waals surface area contributed by atoms with Crippen LogP contribution in [0.2, 0.25) is 0 Å². The van der Waals surface area contributed by atoms with Crippen molar-refractivity contribution < 1.29 is 15.7 Å². The summed E-state index contributed by atoms with van der Waals surface area (Å²) in [5.74, 6) is 2.74. The largest absolute Gasteiger partial charge is 0.493 e. The molecule has 1 N–H and O–H groups in total. The van der Waals surface area contributed by atoms with Crippen LogP contribution in [0.15, 0.2) is 18.2 Å². The van der Waals surface area contributed by atoms with Gasteiger partial charge in [0.25, 0.3) is 0 Å². The summed E-state index contributed by atoms with van der Waals surface area (Å²) in [6.07, 6.45) is 10.8. The minimum atomic E-state index is 0. The van der Waals surface area contributed by atoms with E-state index in [9.17, 15) is 4.79 Å². The van der Waals surface area contributed by atoms with Crippen molar-refractivity contribution in [3.63, 3.8) is 0 Å². The maximum Gasteiger partial charge on any atom is 0.222 e. The van der Waals surface area contributed by atoms with Gasteiger partial charge in [-0.05, 0) is 68.8 Å². The van der Waals surface area contributed by atoms with Gasteiger partial charge in [-0.1, -0.05) is 45.7 Å². The number of ether oxygens (including phenoxy) is 2. The van der Waals surface area contributed by atoms with Gasteiger partial charge in [0.05, 0.1) is 13.2 Å². The Morgan fingerprint density at radius 3 is 2.62 bits per heavy atom. The topological polar surface area (TPSA) is 50.8 Å². The molecule has 184 valence electrons. The number of carbonyl (C=O) groups is 1. The van der Waals surface area contributed by atoms with E-state index in [0.717, 1.165) is 37.2 Å². The minimum Gasteiger partial charge on any atom is -0.493 e. The molecule has 4 rings (SSSR count). The number of nitrogens with one attached hydrogen (secondary N) is 1. The standard InChI is InChI=1S/C15H21NO.C11H21NO2.CH4.H2/c1-2-16-9-6-12(7-10-16)13-4-3-5-15-14(13)8-11-17-15;1-14-8-7-11(13)12-9-10-5-3-2-4-6-10;;/h3-5,12H,2,6-11H2,1H3;10H,2-9H2,1H3,(H,12,13);1H4;1H. The molecule has 5 heteroatoms. The Bertz CT molecular complexity index is 671. The molecule has 1 saturated carbocycles. The van der Waals surface area contributed by atoms with E-state index in [1.807, 2.05) is 0 Å². The van der Waals surface area contributed by atoms with Crippen LogP contribution in [0, 0.1) is 5.92 Å². The number of fused-ring (bicyclic) bond motifs is 1. The first-order valence-electron chi connectivity index (χ1n) is 12.4. The number of hydrogen-bond acceptors (Lipinski definition) is 4. The van der Waals surface area contributed by atoms with E-state index in [-0.39, 0.29) is 14.8 Å². The molecule has 2 heterocycles. The predicted octanol–water partition coefficient (Wildman–Crippen LogP) is 5.42. The van der Waals surface area contributed by atoms with Crippen LogP contribution in [0.25, 0.3) is 0 Å². The summed E-state index contributed by atoms with van der Waals surface area (Å²) in [6.45, 7) is 8.23. The molecule has 0 atom stereocenters. The summed E-state index contributed by atoms with van der Waals surface area (Å²) in [5.41, 5.74) is 3.05. The van der Waals surface area contributed by atoms with Crippen LogP contribution in [0.4, 0.5) is 0 Å². The molecule has 1 aliphatic carbocycles. The molecule has 1 saturated heterocycles. The van der Waals surface area contributed by atoms with Gasteiger partial charge >= 0.3 is 0 Å². The van der Waals surface area contributed by atoms with Gasteiger partial charge in [0, 0.05) is 33.5 Å². The third-order valence-electron chi connectivity index (χ3n) is 7.10. The summed E-state index contributed by atoms with van der Waals surface area (Å²) >= 11 is 0. The number of amides is 1. The van der Waals surface area contributed by atoms with Crippen LogP contribution >= 0.6 is 0 Å². The maximum atomic E-state index is 11.3. The molecule has 0 bridgehead atoms. The average molecular weight is 449 g/mol. The first-order chi connectivity index (χ1) is 15.2. The lowest BCUT2D eigenvalue weighted by Crippen LogP contribution is -2.32. The Kier molecular flexibility index (Phi) is 12.1. The van der Waals surface area contributed by atoms with Gasteiger partial charge in [-0.25, -0.2) is 0 Å². The second-order valence-corrected chi connectivity index (χ2v) is 9.18. The van der Waals surface area contributed by atoms with Gasteiger partial charge in [0.15, 0.2) is 0 Å². The second-order valence-electron chi connectivity index (χ2n) is 9.18. The highest BCUT2D eigenvalue weighted by molar-refractivity contribution is 5.75. The highest BCUT2D eigenvalue weighted by atomic mass is 16.5. The zero-order valence-corrected chi connectivity index (χ0v) is 19.7. The Morgan fingerprint density at radius 2 is 1.94 bits per heavy atom. The van der Waals surface area contributed by atoms with E-state index in [2.05, 4.69) is 35.3 Å². The van der Waals surface area contributed by atoms with E-state index in [1.54, 1.807) is 12.7 Å². The van der Waals surface area contributed by atoms with Crippen LogP contribution in [-0.4, -0.2) is 57.3 Å². The quantitative estimate of drug-likeness (QED) is 0.605. The van der Waals surface area contributed by atoms with Crippen molar-refractivity contribution in [1.82, 2.24) is 10.2 Å². The predicted molar refractivity (Wildman–Crippen MR) is 135 cm³/mol. The summed E-state index contributed by atoms with van der Waals surface area (Å²) in [5, 5.41) is 2.97. The normalized spacial score (nSPS) is 19.2. The fraction of sp³-hybridized carbons (Fsp3) is 0.741. The van der Waals surface area contributed by atoms with Crippen molar-refractivity contribution in [3.05, 3.63) is 29.3 Å². The first-order valence-corrected chi connectivity index (χ1v) is 12.4. The van der Waals surface area contributed by atoms with E-state index < -0.39 is 0 Å².